The van der Waals surface area contributed by atoms with E-state index in [0.29, 0.717) is 6.42 Å². The molecule has 7 rings (SSSR count). The van der Waals surface area contributed by atoms with Crippen molar-refractivity contribution in [1.82, 2.24) is 5.32 Å². The van der Waals surface area contributed by atoms with Crippen LogP contribution < -0.4 is 5.32 Å². The Morgan fingerprint density at radius 3 is 2.30 bits per heavy atom. The third-order valence-electron chi connectivity index (χ3n) is 10.1. The molecule has 0 amide bonds. The summed E-state index contributed by atoms with van der Waals surface area (Å²) in [4.78, 5) is 30.3. The maximum absolute atomic E-state index is 15.3. The number of carbonyl (C=O) groups excluding carboxylic acids is 2. The zero-order chi connectivity index (χ0) is 27.5. The van der Waals surface area contributed by atoms with Gasteiger partial charge in [0.25, 0.3) is 0 Å². The average Bonchev–Trinajstić information content (AvgIpc) is 3.44. The molecule has 1 saturated carbocycles. The van der Waals surface area contributed by atoms with E-state index in [9.17, 15) is 4.79 Å². The molecular weight excluding hydrogens is 490 g/mol. The Bertz CT molecular complexity index is 1650. The van der Waals surface area contributed by atoms with Gasteiger partial charge >= 0.3 is 0 Å². The van der Waals surface area contributed by atoms with Crippen molar-refractivity contribution in [2.45, 2.75) is 57.0 Å². The van der Waals surface area contributed by atoms with Crippen LogP contribution in [0.15, 0.2) is 103 Å². The Morgan fingerprint density at radius 1 is 0.875 bits per heavy atom. The third kappa shape index (κ3) is 3.28. The Balaban J connectivity index is 1.55. The molecule has 0 radical (unpaired) electrons. The summed E-state index contributed by atoms with van der Waals surface area (Å²) in [7, 11) is 0. The molecule has 3 nitrogen and oxygen atoms in total. The van der Waals surface area contributed by atoms with E-state index in [1.807, 2.05) is 36.4 Å². The highest BCUT2D eigenvalue weighted by atomic mass is 16.1. The fourth-order valence-electron chi connectivity index (χ4n) is 8.25. The highest BCUT2D eigenvalue weighted by molar-refractivity contribution is 6.24. The third-order valence-corrected chi connectivity index (χ3v) is 10.1. The quantitative estimate of drug-likeness (QED) is 0.276. The summed E-state index contributed by atoms with van der Waals surface area (Å²) in [5, 5.41) is 6.06. The highest BCUT2D eigenvalue weighted by Crippen LogP contribution is 2.66. The predicted octanol–water partition coefficient (Wildman–Crippen LogP) is 7.86. The first-order chi connectivity index (χ1) is 19.5. The number of hydrogen-bond acceptors (Lipinski definition) is 3. The van der Waals surface area contributed by atoms with Gasteiger partial charge in [-0.1, -0.05) is 117 Å². The van der Waals surface area contributed by atoms with E-state index in [0.717, 1.165) is 57.9 Å². The summed E-state index contributed by atoms with van der Waals surface area (Å²) in [6.07, 6.45) is 5.30. The molecule has 4 aromatic rings. The normalized spacial score (nSPS) is 29.2. The van der Waals surface area contributed by atoms with Gasteiger partial charge in [-0.15, -0.1) is 0 Å². The van der Waals surface area contributed by atoms with Crippen LogP contribution in [0.2, 0.25) is 0 Å². The number of Topliss-reactive ketones (excluding diaryl/α,β-unsaturated/α-hetero) is 2. The first-order valence-corrected chi connectivity index (χ1v) is 14.7. The van der Waals surface area contributed by atoms with Crippen LogP contribution in [0.4, 0.5) is 0 Å². The molecule has 200 valence electrons. The van der Waals surface area contributed by atoms with Gasteiger partial charge in [0.05, 0.1) is 5.41 Å². The van der Waals surface area contributed by atoms with E-state index >= 15 is 4.79 Å². The lowest BCUT2D eigenvalue weighted by molar-refractivity contribution is -0.130. The minimum absolute atomic E-state index is 0.0269. The molecule has 5 atom stereocenters. The molecule has 40 heavy (non-hydrogen) atoms. The van der Waals surface area contributed by atoms with Crippen molar-refractivity contribution in [3.05, 3.63) is 125 Å². The van der Waals surface area contributed by atoms with Crippen LogP contribution in [0.1, 0.15) is 72.5 Å². The fourth-order valence-corrected chi connectivity index (χ4v) is 8.25. The van der Waals surface area contributed by atoms with Gasteiger partial charge in [0.2, 0.25) is 0 Å². The van der Waals surface area contributed by atoms with Crippen LogP contribution in [0.25, 0.3) is 16.8 Å². The molecule has 3 heteroatoms. The van der Waals surface area contributed by atoms with Crippen molar-refractivity contribution < 1.29 is 9.59 Å². The number of allylic oxidation sites excluding steroid dienone is 1. The van der Waals surface area contributed by atoms with Gasteiger partial charge in [-0.05, 0) is 64.3 Å². The van der Waals surface area contributed by atoms with Crippen molar-refractivity contribution >= 4 is 28.4 Å². The topological polar surface area (TPSA) is 46.2 Å². The molecule has 1 N–H and O–H groups in total. The van der Waals surface area contributed by atoms with E-state index in [1.165, 1.54) is 0 Å². The Labute approximate surface area is 236 Å². The molecule has 0 aromatic heterocycles. The number of nitrogens with one attached hydrogen (secondary N) is 1. The molecule has 1 saturated heterocycles. The summed E-state index contributed by atoms with van der Waals surface area (Å²) in [6, 6.07) is 32.9. The van der Waals surface area contributed by atoms with E-state index < -0.39 is 11.0 Å². The maximum Gasteiger partial charge on any atom is 0.189 e. The number of carbonyl (C=O) groups is 2. The summed E-state index contributed by atoms with van der Waals surface area (Å²) < 4.78 is 0. The molecule has 4 aromatic carbocycles. The monoisotopic (exact) mass is 525 g/mol. The minimum Gasteiger partial charge on any atom is -0.296 e. The number of ketones is 2. The number of fused-ring (bicyclic) bond motifs is 2. The first-order valence-electron chi connectivity index (χ1n) is 14.7. The summed E-state index contributed by atoms with van der Waals surface area (Å²) in [5.41, 5.74) is 2.67. The molecule has 0 bridgehead atoms. The van der Waals surface area contributed by atoms with Gasteiger partial charge in [0, 0.05) is 17.5 Å². The van der Waals surface area contributed by atoms with Crippen molar-refractivity contribution in [3.8, 4) is 0 Å². The summed E-state index contributed by atoms with van der Waals surface area (Å²) in [5.74, 6) is 0.325. The molecule has 2 fully saturated rings. The van der Waals surface area contributed by atoms with Crippen LogP contribution in [-0.4, -0.2) is 17.6 Å². The van der Waals surface area contributed by atoms with Crippen LogP contribution in [0.3, 0.4) is 0 Å². The van der Waals surface area contributed by atoms with Crippen LogP contribution in [0.5, 0.6) is 0 Å². The molecule has 3 aliphatic rings. The summed E-state index contributed by atoms with van der Waals surface area (Å²) in [6.45, 7) is 4.48. The average molecular weight is 526 g/mol. The van der Waals surface area contributed by atoms with E-state index in [2.05, 4.69) is 85.9 Å². The minimum atomic E-state index is -1.11. The van der Waals surface area contributed by atoms with Crippen LogP contribution >= 0.6 is 0 Å². The van der Waals surface area contributed by atoms with Crippen molar-refractivity contribution in [1.29, 1.82) is 0 Å². The first kappa shape index (κ1) is 25.2. The predicted molar refractivity (Wildman–Crippen MR) is 161 cm³/mol. The van der Waals surface area contributed by atoms with E-state index in [4.69, 9.17) is 0 Å². The largest absolute Gasteiger partial charge is 0.296 e. The molecule has 1 heterocycles. The van der Waals surface area contributed by atoms with Gasteiger partial charge in [-0.3, -0.25) is 14.9 Å². The summed E-state index contributed by atoms with van der Waals surface area (Å²) >= 11 is 0. The molecule has 1 aliphatic heterocycles. The Hall–Kier alpha value is -3.82. The Morgan fingerprint density at radius 2 is 1.57 bits per heavy atom. The van der Waals surface area contributed by atoms with Crippen LogP contribution in [0, 0.1) is 11.3 Å². The van der Waals surface area contributed by atoms with E-state index in [1.54, 1.807) is 0 Å². The maximum atomic E-state index is 15.3. The van der Waals surface area contributed by atoms with Gasteiger partial charge in [0.1, 0.15) is 5.54 Å². The lowest BCUT2D eigenvalue weighted by Gasteiger charge is -2.48. The lowest BCUT2D eigenvalue weighted by atomic mass is 9.52. The molecule has 2 unspecified atom stereocenters. The SMILES string of the molecule is CCC(C)C1N[C@@]2(C(=O)c3cccc4cccc2c34)[C@@]2(CCC/C(=C\c3ccccc3)C2=O)[C@H]1c1ccccc1. The number of benzene rings is 4. The van der Waals surface area contributed by atoms with Gasteiger partial charge in [0.15, 0.2) is 11.6 Å². The second kappa shape index (κ2) is 9.38. The molecular formula is C37H35NO2. The van der Waals surface area contributed by atoms with Gasteiger partial charge in [-0.25, -0.2) is 0 Å². The van der Waals surface area contributed by atoms with Crippen molar-refractivity contribution in [2.75, 3.05) is 0 Å². The van der Waals surface area contributed by atoms with Crippen LogP contribution in [-0.2, 0) is 10.3 Å². The van der Waals surface area contributed by atoms with Gasteiger partial charge in [-0.2, -0.15) is 0 Å². The lowest BCUT2D eigenvalue weighted by Crippen LogP contribution is -2.59. The molecule has 2 spiro atoms. The number of rotatable bonds is 4. The Kier molecular flexibility index (Phi) is 5.90. The number of hydrogen-bond donors (Lipinski definition) is 1. The second-order valence-corrected chi connectivity index (χ2v) is 12.0. The van der Waals surface area contributed by atoms with E-state index in [-0.39, 0.29) is 29.4 Å². The van der Waals surface area contributed by atoms with Crippen molar-refractivity contribution in [3.63, 3.8) is 0 Å². The zero-order valence-corrected chi connectivity index (χ0v) is 23.2. The fraction of sp³-hybridized carbons (Fsp3) is 0.297. The van der Waals surface area contributed by atoms with Crippen molar-refractivity contribution in [2.24, 2.45) is 11.3 Å². The highest BCUT2D eigenvalue weighted by Gasteiger charge is 2.73. The standard InChI is InChI=1S/C37H35NO2/c1-3-24(2)33-32(27-15-8-5-9-16-27)36(22-12-19-28(34(36)39)23-25-13-6-4-7-14-25)37(38-33)30-21-11-18-26-17-10-20-29(31(26)30)35(37)40/h4-11,13-18,20-21,23-24,32-33,38H,3,12,19,22H2,1-2H3/b28-23+/t24?,32-,33?,36-,37-/m0/s1. The molecule has 2 aliphatic carbocycles. The van der Waals surface area contributed by atoms with Gasteiger partial charge < -0.3 is 0 Å². The zero-order valence-electron chi connectivity index (χ0n) is 23.2. The second-order valence-electron chi connectivity index (χ2n) is 12.0. The smallest absolute Gasteiger partial charge is 0.189 e.